The van der Waals surface area contributed by atoms with Crippen LogP contribution in [0.3, 0.4) is 0 Å². The van der Waals surface area contributed by atoms with E-state index in [9.17, 15) is 0 Å². The van der Waals surface area contributed by atoms with Crippen molar-refractivity contribution in [2.75, 3.05) is 53.5 Å². The molecule has 0 bridgehead atoms. The second-order valence-electron chi connectivity index (χ2n) is 5.87. The van der Waals surface area contributed by atoms with E-state index in [2.05, 4.69) is 73.0 Å². The van der Waals surface area contributed by atoms with Crippen LogP contribution >= 0.6 is 0 Å². The zero-order valence-corrected chi connectivity index (χ0v) is 14.4. The summed E-state index contributed by atoms with van der Waals surface area (Å²) in [5, 5.41) is 0. The van der Waals surface area contributed by atoms with Gasteiger partial charge in [0.25, 0.3) is 0 Å². The van der Waals surface area contributed by atoms with Gasteiger partial charge in [-0.25, -0.2) is 0 Å². The number of hydrogen-bond donors (Lipinski definition) is 0. The molecule has 0 spiro atoms. The molecule has 0 aliphatic carbocycles. The molecule has 122 valence electrons. The van der Waals surface area contributed by atoms with Gasteiger partial charge in [-0.1, -0.05) is 13.8 Å². The second kappa shape index (κ2) is 8.20. The minimum Gasteiger partial charge on any atom is -0.492 e. The van der Waals surface area contributed by atoms with Crippen molar-refractivity contribution in [2.24, 2.45) is 0 Å². The summed E-state index contributed by atoms with van der Waals surface area (Å²) in [7, 11) is 4.27. The molecule has 0 N–H and O–H groups in total. The standard InChI is InChI=1S/C18H29N3O/c1-5-21(6-2)13-14-22-17-9-7-16(8-10-17)18-11-12-19(3)15-20(18)4/h7-11H,5-6,12-15H2,1-4H3. The molecule has 1 heterocycles. The van der Waals surface area contributed by atoms with E-state index < -0.39 is 0 Å². The number of ether oxygens (including phenoxy) is 1. The zero-order chi connectivity index (χ0) is 15.9. The molecule has 0 saturated heterocycles. The van der Waals surface area contributed by atoms with Gasteiger partial charge in [0.15, 0.2) is 0 Å². The van der Waals surface area contributed by atoms with Crippen LogP contribution in [0.1, 0.15) is 19.4 Å². The van der Waals surface area contributed by atoms with Gasteiger partial charge in [0.1, 0.15) is 12.4 Å². The Hall–Kier alpha value is -1.52. The Kier molecular flexibility index (Phi) is 6.28. The van der Waals surface area contributed by atoms with Crippen LogP contribution in [0.15, 0.2) is 30.3 Å². The minimum atomic E-state index is 0.744. The Bertz CT molecular complexity index is 480. The van der Waals surface area contributed by atoms with Gasteiger partial charge in [-0.3, -0.25) is 4.90 Å². The van der Waals surface area contributed by atoms with E-state index in [-0.39, 0.29) is 0 Å². The third kappa shape index (κ3) is 4.49. The number of likely N-dealkylation sites (N-methyl/N-ethyl adjacent to an activating group) is 2. The molecule has 2 rings (SSSR count). The van der Waals surface area contributed by atoms with Crippen LogP contribution in [-0.2, 0) is 0 Å². The number of benzene rings is 1. The van der Waals surface area contributed by atoms with Gasteiger partial charge >= 0.3 is 0 Å². The van der Waals surface area contributed by atoms with Crippen LogP contribution in [0.5, 0.6) is 5.75 Å². The first-order valence-corrected chi connectivity index (χ1v) is 8.19. The predicted octanol–water partition coefficient (Wildman–Crippen LogP) is 2.58. The molecule has 4 nitrogen and oxygen atoms in total. The molecule has 1 aliphatic rings. The van der Waals surface area contributed by atoms with Gasteiger partial charge in [-0.05, 0) is 56.0 Å². The van der Waals surface area contributed by atoms with Crippen molar-refractivity contribution in [3.05, 3.63) is 35.9 Å². The van der Waals surface area contributed by atoms with E-state index >= 15 is 0 Å². The summed E-state index contributed by atoms with van der Waals surface area (Å²) >= 11 is 0. The van der Waals surface area contributed by atoms with Crippen molar-refractivity contribution in [3.63, 3.8) is 0 Å². The summed E-state index contributed by atoms with van der Waals surface area (Å²) in [6.45, 7) is 10.2. The fraction of sp³-hybridized carbons (Fsp3) is 0.556. The fourth-order valence-corrected chi connectivity index (χ4v) is 2.79. The molecule has 22 heavy (non-hydrogen) atoms. The molecule has 1 aromatic rings. The quantitative estimate of drug-likeness (QED) is 0.770. The molecule has 0 aromatic heterocycles. The van der Waals surface area contributed by atoms with Crippen molar-refractivity contribution < 1.29 is 4.74 Å². The van der Waals surface area contributed by atoms with Gasteiger partial charge in [0.2, 0.25) is 0 Å². The maximum atomic E-state index is 5.84. The van der Waals surface area contributed by atoms with Gasteiger partial charge in [0, 0.05) is 25.8 Å². The van der Waals surface area contributed by atoms with Gasteiger partial charge < -0.3 is 14.5 Å². The van der Waals surface area contributed by atoms with Crippen molar-refractivity contribution in [3.8, 4) is 5.75 Å². The van der Waals surface area contributed by atoms with Crippen LogP contribution < -0.4 is 4.74 Å². The fourth-order valence-electron chi connectivity index (χ4n) is 2.79. The van der Waals surface area contributed by atoms with Crippen molar-refractivity contribution in [1.82, 2.24) is 14.7 Å². The average molecular weight is 303 g/mol. The monoisotopic (exact) mass is 303 g/mol. The highest BCUT2D eigenvalue weighted by atomic mass is 16.5. The van der Waals surface area contributed by atoms with Gasteiger partial charge in [-0.15, -0.1) is 0 Å². The molecule has 0 amide bonds. The summed E-state index contributed by atoms with van der Waals surface area (Å²) in [6, 6.07) is 8.45. The second-order valence-corrected chi connectivity index (χ2v) is 5.87. The Balaban J connectivity index is 1.90. The first-order chi connectivity index (χ1) is 10.6. The first kappa shape index (κ1) is 16.8. The molecule has 0 radical (unpaired) electrons. The van der Waals surface area contributed by atoms with Crippen LogP contribution in [0.2, 0.25) is 0 Å². The third-order valence-electron chi connectivity index (χ3n) is 4.18. The summed E-state index contributed by atoms with van der Waals surface area (Å²) in [4.78, 5) is 6.93. The van der Waals surface area contributed by atoms with E-state index in [1.807, 2.05) is 0 Å². The topological polar surface area (TPSA) is 19.0 Å². The van der Waals surface area contributed by atoms with E-state index in [1.165, 1.54) is 11.3 Å². The minimum absolute atomic E-state index is 0.744. The smallest absolute Gasteiger partial charge is 0.119 e. The van der Waals surface area contributed by atoms with Gasteiger partial charge in [-0.2, -0.15) is 0 Å². The molecule has 4 heteroatoms. The van der Waals surface area contributed by atoms with Crippen LogP contribution in [0, 0.1) is 0 Å². The average Bonchev–Trinajstić information content (AvgIpc) is 2.52. The molecular formula is C18H29N3O. The number of rotatable bonds is 7. The molecule has 0 unspecified atom stereocenters. The lowest BCUT2D eigenvalue weighted by Gasteiger charge is -2.32. The largest absolute Gasteiger partial charge is 0.492 e. The Labute approximate surface area is 135 Å². The highest BCUT2D eigenvalue weighted by Crippen LogP contribution is 2.23. The first-order valence-electron chi connectivity index (χ1n) is 8.19. The third-order valence-corrected chi connectivity index (χ3v) is 4.18. The summed E-state index contributed by atoms with van der Waals surface area (Å²) < 4.78 is 5.84. The molecule has 0 fully saturated rings. The van der Waals surface area contributed by atoms with Crippen molar-refractivity contribution in [2.45, 2.75) is 13.8 Å². The highest BCUT2D eigenvalue weighted by molar-refractivity contribution is 5.65. The molecule has 1 aromatic carbocycles. The number of nitrogens with zero attached hydrogens (tertiary/aromatic N) is 3. The van der Waals surface area contributed by atoms with E-state index in [4.69, 9.17) is 4.74 Å². The maximum absolute atomic E-state index is 5.84. The van der Waals surface area contributed by atoms with Crippen LogP contribution in [0.4, 0.5) is 0 Å². The SMILES string of the molecule is CCN(CC)CCOc1ccc(C2=CCN(C)CN2C)cc1. The Morgan fingerprint density at radius 3 is 2.36 bits per heavy atom. The Morgan fingerprint density at radius 1 is 1.09 bits per heavy atom. The predicted molar refractivity (Wildman–Crippen MR) is 93.0 cm³/mol. The number of hydrogen-bond acceptors (Lipinski definition) is 4. The van der Waals surface area contributed by atoms with Crippen LogP contribution in [-0.4, -0.2) is 68.2 Å². The van der Waals surface area contributed by atoms with E-state index in [0.717, 1.165) is 45.2 Å². The highest BCUT2D eigenvalue weighted by Gasteiger charge is 2.14. The van der Waals surface area contributed by atoms with E-state index in [0.29, 0.717) is 0 Å². The maximum Gasteiger partial charge on any atom is 0.119 e. The van der Waals surface area contributed by atoms with Crippen molar-refractivity contribution in [1.29, 1.82) is 0 Å². The van der Waals surface area contributed by atoms with Gasteiger partial charge in [0.05, 0.1) is 6.67 Å². The normalized spacial score (nSPS) is 16.0. The summed E-state index contributed by atoms with van der Waals surface area (Å²) in [5.74, 6) is 0.951. The summed E-state index contributed by atoms with van der Waals surface area (Å²) in [5.41, 5.74) is 2.56. The lowest BCUT2D eigenvalue weighted by molar-refractivity contribution is 0.222. The van der Waals surface area contributed by atoms with E-state index in [1.54, 1.807) is 0 Å². The summed E-state index contributed by atoms with van der Waals surface area (Å²) in [6.07, 6.45) is 2.28. The van der Waals surface area contributed by atoms with Crippen LogP contribution in [0.25, 0.3) is 5.70 Å². The lowest BCUT2D eigenvalue weighted by atomic mass is 10.1. The van der Waals surface area contributed by atoms with Crippen molar-refractivity contribution >= 4 is 5.70 Å². The lowest BCUT2D eigenvalue weighted by Crippen LogP contribution is -2.36. The molecule has 0 saturated carbocycles. The molecular weight excluding hydrogens is 274 g/mol. The molecule has 1 aliphatic heterocycles. The molecule has 0 atom stereocenters. The zero-order valence-electron chi connectivity index (χ0n) is 14.4. The Morgan fingerprint density at radius 2 is 1.77 bits per heavy atom.